The van der Waals surface area contributed by atoms with E-state index in [1.807, 2.05) is 4.90 Å². The number of halogens is 6. The van der Waals surface area contributed by atoms with E-state index in [-0.39, 0.29) is 17.7 Å². The molecule has 0 bridgehead atoms. The minimum atomic E-state index is -4.89. The fourth-order valence-corrected chi connectivity index (χ4v) is 5.15. The molecule has 2 fully saturated rings. The number of rotatable bonds is 6. The Morgan fingerprint density at radius 1 is 0.837 bits per heavy atom. The van der Waals surface area contributed by atoms with Crippen LogP contribution in [0.5, 0.6) is 0 Å². The molecule has 2 saturated heterocycles. The Balaban J connectivity index is 1.18. The van der Waals surface area contributed by atoms with Gasteiger partial charge in [-0.3, -0.25) is 9.59 Å². The van der Waals surface area contributed by atoms with Gasteiger partial charge >= 0.3 is 12.4 Å². The van der Waals surface area contributed by atoms with Crippen molar-refractivity contribution in [3.8, 4) is 0 Å². The molecule has 2 aliphatic heterocycles. The molecule has 2 N–H and O–H groups in total. The summed E-state index contributed by atoms with van der Waals surface area (Å²) in [4.78, 5) is 36.7. The van der Waals surface area contributed by atoms with Crippen molar-refractivity contribution in [2.45, 2.75) is 50.5 Å². The molecule has 4 heterocycles. The lowest BCUT2D eigenvalue weighted by Crippen LogP contribution is -2.45. The number of pyridine rings is 1. The Bertz CT molecular complexity index is 1440. The molecule has 5 rings (SSSR count). The highest BCUT2D eigenvalue weighted by Gasteiger charge is 2.42. The molecule has 15 heteroatoms. The van der Waals surface area contributed by atoms with E-state index in [2.05, 4.69) is 20.6 Å². The van der Waals surface area contributed by atoms with Gasteiger partial charge in [-0.2, -0.15) is 31.3 Å². The Labute approximate surface area is 242 Å². The number of amides is 2. The van der Waals surface area contributed by atoms with Gasteiger partial charge in [0.05, 0.1) is 23.0 Å². The lowest BCUT2D eigenvalue weighted by atomic mass is 10.0. The molecule has 2 aliphatic rings. The van der Waals surface area contributed by atoms with Gasteiger partial charge in [0, 0.05) is 32.2 Å². The van der Waals surface area contributed by atoms with Crippen LogP contribution in [-0.2, 0) is 12.4 Å². The van der Waals surface area contributed by atoms with Crippen LogP contribution in [-0.4, -0.2) is 54.0 Å². The fourth-order valence-electron chi connectivity index (χ4n) is 5.15. The highest BCUT2D eigenvalue weighted by atomic mass is 19.4. The lowest BCUT2D eigenvalue weighted by Gasteiger charge is -2.33. The van der Waals surface area contributed by atoms with Gasteiger partial charge in [0.15, 0.2) is 5.69 Å². The van der Waals surface area contributed by atoms with Gasteiger partial charge in [-0.25, -0.2) is 4.98 Å². The Morgan fingerprint density at radius 2 is 1.53 bits per heavy atom. The van der Waals surface area contributed by atoms with Crippen molar-refractivity contribution in [3.63, 3.8) is 0 Å². The summed E-state index contributed by atoms with van der Waals surface area (Å²) in [5.41, 5.74) is -2.69. The first-order valence-electron chi connectivity index (χ1n) is 13.7. The van der Waals surface area contributed by atoms with Crippen molar-refractivity contribution in [2.75, 3.05) is 41.3 Å². The molecular weight excluding hydrogens is 582 g/mol. The van der Waals surface area contributed by atoms with Gasteiger partial charge < -0.3 is 24.9 Å². The number of alkyl halides is 6. The zero-order valence-corrected chi connectivity index (χ0v) is 22.8. The van der Waals surface area contributed by atoms with Crippen molar-refractivity contribution in [2.24, 2.45) is 0 Å². The molecule has 43 heavy (non-hydrogen) atoms. The molecule has 9 nitrogen and oxygen atoms in total. The van der Waals surface area contributed by atoms with Gasteiger partial charge in [0.25, 0.3) is 17.8 Å². The third-order valence-electron chi connectivity index (χ3n) is 7.35. The molecule has 2 aromatic heterocycles. The molecule has 0 atom stereocenters. The Hall–Kier alpha value is -4.30. The van der Waals surface area contributed by atoms with Crippen LogP contribution in [0, 0.1) is 0 Å². The van der Waals surface area contributed by atoms with E-state index in [4.69, 9.17) is 4.42 Å². The summed E-state index contributed by atoms with van der Waals surface area (Å²) in [5, 5.41) is 5.05. The largest absolute Gasteiger partial charge is 0.437 e. The van der Waals surface area contributed by atoms with Crippen LogP contribution in [0.15, 0.2) is 47.0 Å². The predicted molar refractivity (Wildman–Crippen MR) is 144 cm³/mol. The number of anilines is 3. The highest BCUT2D eigenvalue weighted by Crippen LogP contribution is 2.35. The summed E-state index contributed by atoms with van der Waals surface area (Å²) in [7, 11) is 0. The quantitative estimate of drug-likeness (QED) is 0.343. The molecule has 0 aliphatic carbocycles. The van der Waals surface area contributed by atoms with Gasteiger partial charge in [-0.05, 0) is 56.4 Å². The number of carbonyl (C=O) groups is 2. The van der Waals surface area contributed by atoms with Crippen LogP contribution in [0.4, 0.5) is 43.9 Å². The monoisotopic (exact) mass is 610 g/mol. The fraction of sp³-hybridized carbons (Fsp3) is 0.429. The molecule has 3 aromatic rings. The van der Waals surface area contributed by atoms with Crippen LogP contribution in [0.25, 0.3) is 0 Å². The third-order valence-corrected chi connectivity index (χ3v) is 7.35. The summed E-state index contributed by atoms with van der Waals surface area (Å²) in [6.45, 7) is 1.85. The second-order valence-corrected chi connectivity index (χ2v) is 10.4. The van der Waals surface area contributed by atoms with E-state index in [1.54, 1.807) is 11.0 Å². The van der Waals surface area contributed by atoms with Crippen LogP contribution >= 0.6 is 0 Å². The second kappa shape index (κ2) is 12.1. The number of aromatic nitrogens is 2. The summed E-state index contributed by atoms with van der Waals surface area (Å²) in [6.07, 6.45) is -4.83. The van der Waals surface area contributed by atoms with E-state index in [0.717, 1.165) is 31.4 Å². The van der Waals surface area contributed by atoms with Crippen molar-refractivity contribution >= 4 is 29.3 Å². The first kappa shape index (κ1) is 30.2. The average Bonchev–Trinajstić information content (AvgIpc) is 3.45. The van der Waals surface area contributed by atoms with E-state index in [9.17, 15) is 35.9 Å². The number of nitrogens with one attached hydrogen (secondary N) is 2. The van der Waals surface area contributed by atoms with Crippen molar-refractivity contribution in [3.05, 3.63) is 65.2 Å². The molecule has 0 unspecified atom stereocenters. The topological polar surface area (TPSA) is 104 Å². The molecule has 230 valence electrons. The predicted octanol–water partition coefficient (Wildman–Crippen LogP) is 5.75. The summed E-state index contributed by atoms with van der Waals surface area (Å²) < 4.78 is 86.0. The first-order valence-corrected chi connectivity index (χ1v) is 13.7. The van der Waals surface area contributed by atoms with E-state index in [1.165, 1.54) is 24.4 Å². The number of hydrogen-bond donors (Lipinski definition) is 2. The van der Waals surface area contributed by atoms with Crippen molar-refractivity contribution in [1.82, 2.24) is 15.3 Å². The number of nitrogens with zero attached hydrogens (tertiary/aromatic N) is 4. The molecule has 2 amide bonds. The maximum absolute atomic E-state index is 13.6. The number of piperidine rings is 2. The molecule has 0 saturated carbocycles. The highest BCUT2D eigenvalue weighted by molar-refractivity contribution is 6.03. The Kier molecular flexibility index (Phi) is 8.51. The second-order valence-electron chi connectivity index (χ2n) is 10.4. The van der Waals surface area contributed by atoms with E-state index in [0.29, 0.717) is 44.8 Å². The lowest BCUT2D eigenvalue weighted by molar-refractivity contribution is -0.141. The van der Waals surface area contributed by atoms with E-state index >= 15 is 0 Å². The van der Waals surface area contributed by atoms with Crippen molar-refractivity contribution in [1.29, 1.82) is 0 Å². The molecular formula is C28H28F6N6O3. The molecule has 0 radical (unpaired) electrons. The molecule has 1 aromatic carbocycles. The van der Waals surface area contributed by atoms with Gasteiger partial charge in [-0.1, -0.05) is 12.1 Å². The first-order chi connectivity index (χ1) is 20.4. The minimum Gasteiger partial charge on any atom is -0.417 e. The zero-order valence-electron chi connectivity index (χ0n) is 22.8. The average molecular weight is 611 g/mol. The van der Waals surface area contributed by atoms with Crippen molar-refractivity contribution < 1.29 is 40.3 Å². The third kappa shape index (κ3) is 7.03. The zero-order chi connectivity index (χ0) is 30.8. The van der Waals surface area contributed by atoms with Crippen LogP contribution < -0.4 is 20.4 Å². The van der Waals surface area contributed by atoms with Gasteiger partial charge in [-0.15, -0.1) is 0 Å². The summed E-state index contributed by atoms with van der Waals surface area (Å²) >= 11 is 0. The van der Waals surface area contributed by atoms with E-state index < -0.39 is 46.7 Å². The number of oxazole rings is 1. The number of hydrogen-bond acceptors (Lipinski definition) is 7. The minimum absolute atomic E-state index is 0.142. The standard InChI is InChI=1S/C28H28F6N6O3/c29-27(30,31)20-7-3-2-6-19(20)24(41)36-17-10-14-39(15-11-17)21-9-8-18(16-35-21)37-25(42)22-23(28(32,33)34)38-26(43-22)40-12-4-1-5-13-40/h2-3,6-9,16-17H,1,4-5,10-15H2,(H,36,41)(H,37,42). The van der Waals surface area contributed by atoms with Gasteiger partial charge in [0.2, 0.25) is 5.76 Å². The van der Waals surface area contributed by atoms with Gasteiger partial charge in [0.1, 0.15) is 5.82 Å². The van der Waals surface area contributed by atoms with Crippen LogP contribution in [0.3, 0.4) is 0 Å². The van der Waals surface area contributed by atoms with Crippen LogP contribution in [0.2, 0.25) is 0 Å². The summed E-state index contributed by atoms with van der Waals surface area (Å²) in [5.74, 6) is -2.32. The SMILES string of the molecule is O=C(NC1CCN(c2ccc(NC(=O)c3oc(N4CCCCC4)nc3C(F)(F)F)cn2)CC1)c1ccccc1C(F)(F)F. The Morgan fingerprint density at radius 3 is 2.16 bits per heavy atom. The van der Waals surface area contributed by atoms with Crippen LogP contribution in [0.1, 0.15) is 64.3 Å². The number of benzene rings is 1. The molecule has 0 spiro atoms. The maximum Gasteiger partial charge on any atom is 0.437 e. The number of carbonyl (C=O) groups excluding carboxylic acids is 2. The maximum atomic E-state index is 13.6. The summed E-state index contributed by atoms with van der Waals surface area (Å²) in [6, 6.07) is 7.08. The smallest absolute Gasteiger partial charge is 0.417 e. The normalized spacial score (nSPS) is 16.7.